The molecule has 21 heavy (non-hydrogen) atoms. The third-order valence-electron chi connectivity index (χ3n) is 4.18. The molecule has 1 aliphatic rings. The number of rotatable bonds is 6. The summed E-state index contributed by atoms with van der Waals surface area (Å²) in [6.45, 7) is 3.97. The Hall–Kier alpha value is -1.16. The number of hydrogen-bond acceptors (Lipinski definition) is 3. The summed E-state index contributed by atoms with van der Waals surface area (Å²) in [5.74, 6) is 3.21. The molecule has 0 N–H and O–H groups in total. The molecule has 1 heterocycles. The molecule has 0 saturated carbocycles. The smallest absolute Gasteiger partial charge is 0.223 e. The molecule has 0 aromatic heterocycles. The summed E-state index contributed by atoms with van der Waals surface area (Å²) in [6.07, 6.45) is 3.87. The van der Waals surface area contributed by atoms with Gasteiger partial charge in [0.1, 0.15) is 5.75 Å². The largest absolute Gasteiger partial charge is 0.497 e. The van der Waals surface area contributed by atoms with E-state index in [0.29, 0.717) is 12.3 Å². The first-order chi connectivity index (χ1) is 10.1. The Morgan fingerprint density at radius 2 is 2.33 bits per heavy atom. The predicted molar refractivity (Wildman–Crippen MR) is 89.1 cm³/mol. The number of nitrogens with zero attached hydrogens (tertiary/aromatic N) is 1. The predicted octanol–water partition coefficient (Wildman–Crippen LogP) is 3.40. The van der Waals surface area contributed by atoms with E-state index in [1.165, 1.54) is 5.56 Å². The highest BCUT2D eigenvalue weighted by molar-refractivity contribution is 7.98. The lowest BCUT2D eigenvalue weighted by atomic mass is 9.97. The summed E-state index contributed by atoms with van der Waals surface area (Å²) >= 11 is 1.88. The van der Waals surface area contributed by atoms with Crippen LogP contribution in [0.1, 0.15) is 31.2 Å². The second-order valence-electron chi connectivity index (χ2n) is 5.83. The van der Waals surface area contributed by atoms with Crippen molar-refractivity contribution in [2.24, 2.45) is 5.92 Å². The van der Waals surface area contributed by atoms with Crippen molar-refractivity contribution in [3.05, 3.63) is 29.8 Å². The Kier molecular flexibility index (Phi) is 5.97. The lowest BCUT2D eigenvalue weighted by Gasteiger charge is -2.19. The van der Waals surface area contributed by atoms with E-state index >= 15 is 0 Å². The fraction of sp³-hybridized carbons (Fsp3) is 0.588. The van der Waals surface area contributed by atoms with Crippen LogP contribution in [0.15, 0.2) is 24.3 Å². The molecule has 2 rings (SSSR count). The van der Waals surface area contributed by atoms with Crippen molar-refractivity contribution in [3.8, 4) is 5.75 Å². The maximum absolute atomic E-state index is 12.4. The molecule has 1 fully saturated rings. The molecular formula is C17H25NO2S. The Bertz CT molecular complexity index is 478. The maximum atomic E-state index is 12.4. The molecule has 0 aliphatic carbocycles. The monoisotopic (exact) mass is 307 g/mol. The highest BCUT2D eigenvalue weighted by atomic mass is 32.2. The van der Waals surface area contributed by atoms with Crippen LogP contribution >= 0.6 is 11.8 Å². The molecule has 3 nitrogen and oxygen atoms in total. The number of hydrogen-bond donors (Lipinski definition) is 0. The van der Waals surface area contributed by atoms with E-state index in [2.05, 4.69) is 19.2 Å². The Balaban J connectivity index is 1.90. The third kappa shape index (κ3) is 4.40. The van der Waals surface area contributed by atoms with Crippen molar-refractivity contribution in [1.82, 2.24) is 4.90 Å². The van der Waals surface area contributed by atoms with Gasteiger partial charge in [0.05, 0.1) is 7.11 Å². The molecule has 4 heteroatoms. The summed E-state index contributed by atoms with van der Waals surface area (Å²) in [5.41, 5.74) is 1.17. The zero-order chi connectivity index (χ0) is 15.2. The molecule has 116 valence electrons. The zero-order valence-corrected chi connectivity index (χ0v) is 14.0. The van der Waals surface area contributed by atoms with Crippen molar-refractivity contribution in [2.75, 3.05) is 32.2 Å². The molecule has 0 radical (unpaired) electrons. The van der Waals surface area contributed by atoms with Gasteiger partial charge in [-0.1, -0.05) is 19.1 Å². The van der Waals surface area contributed by atoms with Crippen molar-refractivity contribution >= 4 is 17.7 Å². The third-order valence-corrected chi connectivity index (χ3v) is 4.99. The molecular weight excluding hydrogens is 282 g/mol. The van der Waals surface area contributed by atoms with E-state index in [1.807, 2.05) is 34.9 Å². The van der Waals surface area contributed by atoms with Crippen LogP contribution in [-0.4, -0.2) is 43.0 Å². The molecule has 0 spiro atoms. The van der Waals surface area contributed by atoms with E-state index in [9.17, 15) is 4.79 Å². The normalized spacial score (nSPS) is 19.6. The van der Waals surface area contributed by atoms with Crippen LogP contribution in [0, 0.1) is 5.92 Å². The number of carbonyl (C=O) groups excluding carboxylic acids is 1. The van der Waals surface area contributed by atoms with Crippen LogP contribution < -0.4 is 4.74 Å². The van der Waals surface area contributed by atoms with E-state index in [0.717, 1.165) is 31.0 Å². The topological polar surface area (TPSA) is 29.5 Å². The number of methoxy groups -OCH3 is 1. The maximum Gasteiger partial charge on any atom is 0.223 e. The number of thioether (sulfide) groups is 1. The second-order valence-corrected chi connectivity index (χ2v) is 6.74. The van der Waals surface area contributed by atoms with Crippen LogP contribution in [0.2, 0.25) is 0 Å². The first-order valence-corrected chi connectivity index (χ1v) is 8.94. The van der Waals surface area contributed by atoms with Gasteiger partial charge in [0.25, 0.3) is 0 Å². The highest BCUT2D eigenvalue weighted by Crippen LogP contribution is 2.26. The minimum atomic E-state index is 0.229. The molecule has 0 unspecified atom stereocenters. The van der Waals surface area contributed by atoms with Gasteiger partial charge in [0.15, 0.2) is 0 Å². The van der Waals surface area contributed by atoms with Crippen LogP contribution in [0.5, 0.6) is 5.75 Å². The first-order valence-electron chi connectivity index (χ1n) is 7.54. The summed E-state index contributed by atoms with van der Waals surface area (Å²) in [5, 5.41) is 0. The Morgan fingerprint density at radius 1 is 1.52 bits per heavy atom. The van der Waals surface area contributed by atoms with Crippen molar-refractivity contribution < 1.29 is 9.53 Å². The fourth-order valence-electron chi connectivity index (χ4n) is 2.89. The molecule has 1 amide bonds. The number of benzene rings is 1. The molecule has 0 bridgehead atoms. The van der Waals surface area contributed by atoms with E-state index in [1.54, 1.807) is 7.11 Å². The van der Waals surface area contributed by atoms with Gasteiger partial charge in [0, 0.05) is 19.5 Å². The van der Waals surface area contributed by atoms with Crippen LogP contribution in [0.4, 0.5) is 0 Å². The average molecular weight is 307 g/mol. The average Bonchev–Trinajstić information content (AvgIpc) is 2.96. The van der Waals surface area contributed by atoms with Gasteiger partial charge in [-0.15, -0.1) is 0 Å². The standard InChI is InChI=1S/C17H25NO2S/c1-13(15-5-4-6-16(10-15)20-2)9-17(19)18-8-7-14(11-18)12-21-3/h4-6,10,13-14H,7-9,11-12H2,1-3H3/t13-,14-/m1/s1. The lowest BCUT2D eigenvalue weighted by molar-refractivity contribution is -0.130. The van der Waals surface area contributed by atoms with Gasteiger partial charge >= 0.3 is 0 Å². The summed E-state index contributed by atoms with van der Waals surface area (Å²) in [7, 11) is 1.67. The van der Waals surface area contributed by atoms with E-state index in [-0.39, 0.29) is 11.8 Å². The second kappa shape index (κ2) is 7.74. The first kappa shape index (κ1) is 16.2. The van der Waals surface area contributed by atoms with Gasteiger partial charge in [-0.05, 0) is 48.0 Å². The number of likely N-dealkylation sites (tertiary alicyclic amines) is 1. The molecule has 1 aromatic rings. The van der Waals surface area contributed by atoms with E-state index in [4.69, 9.17) is 4.74 Å². The van der Waals surface area contributed by atoms with Gasteiger partial charge in [0.2, 0.25) is 5.91 Å². The summed E-state index contributed by atoms with van der Waals surface area (Å²) in [4.78, 5) is 14.5. The van der Waals surface area contributed by atoms with Gasteiger partial charge in [-0.25, -0.2) is 0 Å². The minimum Gasteiger partial charge on any atom is -0.497 e. The summed E-state index contributed by atoms with van der Waals surface area (Å²) in [6, 6.07) is 8.02. The Labute approximate surface area is 132 Å². The molecule has 1 aliphatic heterocycles. The Morgan fingerprint density at radius 3 is 3.05 bits per heavy atom. The summed E-state index contributed by atoms with van der Waals surface area (Å²) < 4.78 is 5.25. The van der Waals surface area contributed by atoms with Crippen LogP contribution in [0.25, 0.3) is 0 Å². The quantitative estimate of drug-likeness (QED) is 0.807. The van der Waals surface area contributed by atoms with Gasteiger partial charge in [-0.2, -0.15) is 11.8 Å². The lowest BCUT2D eigenvalue weighted by Crippen LogP contribution is -2.29. The minimum absolute atomic E-state index is 0.229. The SMILES string of the molecule is COc1cccc([C@H](C)CC(=O)N2CC[C@@H](CSC)C2)c1. The number of ether oxygens (including phenoxy) is 1. The molecule has 2 atom stereocenters. The fourth-order valence-corrected chi connectivity index (χ4v) is 3.63. The number of amides is 1. The van der Waals surface area contributed by atoms with Crippen molar-refractivity contribution in [3.63, 3.8) is 0 Å². The highest BCUT2D eigenvalue weighted by Gasteiger charge is 2.26. The van der Waals surface area contributed by atoms with Gasteiger partial charge in [-0.3, -0.25) is 4.79 Å². The van der Waals surface area contributed by atoms with Crippen LogP contribution in [0.3, 0.4) is 0 Å². The molecule has 1 aromatic carbocycles. The van der Waals surface area contributed by atoms with Crippen molar-refractivity contribution in [2.45, 2.75) is 25.7 Å². The van der Waals surface area contributed by atoms with E-state index < -0.39 is 0 Å². The van der Waals surface area contributed by atoms with Gasteiger partial charge < -0.3 is 9.64 Å². The molecule has 1 saturated heterocycles. The van der Waals surface area contributed by atoms with Crippen LogP contribution in [-0.2, 0) is 4.79 Å². The number of carbonyl (C=O) groups is 1. The van der Waals surface area contributed by atoms with Crippen molar-refractivity contribution in [1.29, 1.82) is 0 Å². The zero-order valence-electron chi connectivity index (χ0n) is 13.2.